The maximum atomic E-state index is 14.2. The third-order valence-corrected chi connectivity index (χ3v) is 10.1. The number of fused-ring (bicyclic) bond motifs is 3. The highest BCUT2D eigenvalue weighted by molar-refractivity contribution is 5.85. The highest BCUT2D eigenvalue weighted by Gasteiger charge is 2.66. The van der Waals surface area contributed by atoms with Crippen LogP contribution in [0.4, 0.5) is 13.2 Å². The van der Waals surface area contributed by atoms with E-state index in [2.05, 4.69) is 13.8 Å². The average molecular weight is 533 g/mol. The van der Waals surface area contributed by atoms with Crippen LogP contribution in [0.2, 0.25) is 0 Å². The molecule has 4 fully saturated rings. The van der Waals surface area contributed by atoms with Gasteiger partial charge in [-0.15, -0.1) is 0 Å². The number of esters is 1. The minimum Gasteiger partial charge on any atom is -0.459 e. The molecule has 4 aliphatic rings. The van der Waals surface area contributed by atoms with Crippen molar-refractivity contribution >= 4 is 16.7 Å². The highest BCUT2D eigenvalue weighted by atomic mass is 19.4. The molecule has 38 heavy (non-hydrogen) atoms. The first-order chi connectivity index (χ1) is 17.9. The number of aliphatic hydroxyl groups excluding tert-OH is 1. The number of halogens is 3. The van der Waals surface area contributed by atoms with E-state index in [4.69, 9.17) is 9.47 Å². The molecule has 0 heterocycles. The number of carbonyl (C=O) groups excluding carboxylic acids is 1. The van der Waals surface area contributed by atoms with Gasteiger partial charge >= 0.3 is 12.1 Å². The molecular weight excluding hydrogens is 493 g/mol. The Kier molecular flexibility index (Phi) is 7.31. The first-order valence-corrected chi connectivity index (χ1v) is 14.0. The third kappa shape index (κ3) is 4.85. The van der Waals surface area contributed by atoms with Gasteiger partial charge in [0.15, 0.2) is 5.92 Å². The summed E-state index contributed by atoms with van der Waals surface area (Å²) in [4.78, 5) is 13.2. The zero-order chi connectivity index (χ0) is 27.3. The Labute approximate surface area is 222 Å². The zero-order valence-electron chi connectivity index (χ0n) is 22.5. The van der Waals surface area contributed by atoms with Gasteiger partial charge in [0.2, 0.25) is 0 Å². The number of hydrogen-bond donors (Lipinski definition) is 1. The molecule has 2 aromatic carbocycles. The van der Waals surface area contributed by atoms with E-state index in [1.54, 1.807) is 0 Å². The number of aliphatic hydroxyl groups is 1. The Balaban J connectivity index is 1.38. The summed E-state index contributed by atoms with van der Waals surface area (Å²) >= 11 is 0. The van der Waals surface area contributed by atoms with Crippen molar-refractivity contribution in [1.29, 1.82) is 0 Å². The SMILES string of the molecule is CC1(C)[C@H]2C[C@H](OC(=O)[C@H]([C@@H](O)C3CCCCC3)C(F)(F)F)[C@](C)(OCc3cccc4ccccc34)[C@@H]1C2. The van der Waals surface area contributed by atoms with Crippen LogP contribution in [0.15, 0.2) is 42.5 Å². The molecule has 7 heteroatoms. The van der Waals surface area contributed by atoms with Crippen LogP contribution in [0.3, 0.4) is 0 Å². The summed E-state index contributed by atoms with van der Waals surface area (Å²) in [5.41, 5.74) is -0.0346. The second kappa shape index (κ2) is 10.1. The van der Waals surface area contributed by atoms with Gasteiger partial charge in [-0.1, -0.05) is 75.6 Å². The summed E-state index contributed by atoms with van der Waals surface area (Å²) in [6, 6.07) is 14.0. The van der Waals surface area contributed by atoms with E-state index in [-0.39, 0.29) is 23.9 Å². The summed E-state index contributed by atoms with van der Waals surface area (Å²) in [5, 5.41) is 12.9. The molecule has 0 saturated heterocycles. The molecule has 0 radical (unpaired) electrons. The van der Waals surface area contributed by atoms with Gasteiger partial charge in [0.1, 0.15) is 11.7 Å². The lowest BCUT2D eigenvalue weighted by Crippen LogP contribution is -2.68. The Morgan fingerprint density at radius 2 is 1.71 bits per heavy atom. The van der Waals surface area contributed by atoms with Gasteiger partial charge in [0.05, 0.1) is 12.7 Å². The molecule has 2 bridgehead atoms. The van der Waals surface area contributed by atoms with E-state index >= 15 is 0 Å². The van der Waals surface area contributed by atoms with Crippen molar-refractivity contribution in [2.24, 2.45) is 29.1 Å². The van der Waals surface area contributed by atoms with E-state index in [9.17, 15) is 23.1 Å². The second-order valence-corrected chi connectivity index (χ2v) is 12.5. The van der Waals surface area contributed by atoms with Crippen LogP contribution in [0.25, 0.3) is 10.8 Å². The predicted molar refractivity (Wildman–Crippen MR) is 139 cm³/mol. The van der Waals surface area contributed by atoms with Gasteiger partial charge in [-0.2, -0.15) is 13.2 Å². The smallest absolute Gasteiger partial charge is 0.404 e. The minimum absolute atomic E-state index is 0.0362. The molecular formula is C31H39F3O4. The van der Waals surface area contributed by atoms with Gasteiger partial charge < -0.3 is 14.6 Å². The topological polar surface area (TPSA) is 55.8 Å². The maximum absolute atomic E-state index is 14.2. The molecule has 4 nitrogen and oxygen atoms in total. The molecule has 2 aromatic rings. The van der Waals surface area contributed by atoms with Gasteiger partial charge in [-0.05, 0) is 72.1 Å². The number of ether oxygens (including phenoxy) is 2. The number of alkyl halides is 3. The van der Waals surface area contributed by atoms with Crippen LogP contribution in [0.1, 0.15) is 71.3 Å². The van der Waals surface area contributed by atoms with Crippen LogP contribution >= 0.6 is 0 Å². The Morgan fingerprint density at radius 3 is 2.39 bits per heavy atom. The number of carbonyl (C=O) groups is 1. The molecule has 6 rings (SSSR count). The normalized spacial score (nSPS) is 30.9. The van der Waals surface area contributed by atoms with Crippen molar-refractivity contribution in [2.45, 2.75) is 96.3 Å². The van der Waals surface area contributed by atoms with E-state index in [0.717, 1.165) is 42.0 Å². The molecule has 4 aliphatic carbocycles. The number of hydrogen-bond acceptors (Lipinski definition) is 4. The lowest BCUT2D eigenvalue weighted by molar-refractivity contribution is -0.282. The first-order valence-electron chi connectivity index (χ1n) is 14.0. The minimum atomic E-state index is -4.88. The van der Waals surface area contributed by atoms with Gasteiger partial charge in [0.25, 0.3) is 0 Å². The summed E-state index contributed by atoms with van der Waals surface area (Å²) in [6.45, 7) is 6.47. The van der Waals surface area contributed by atoms with Gasteiger partial charge in [-0.25, -0.2) is 0 Å². The maximum Gasteiger partial charge on any atom is 0.404 e. The second-order valence-electron chi connectivity index (χ2n) is 12.5. The molecule has 6 atom stereocenters. The molecule has 0 spiro atoms. The molecule has 0 amide bonds. The van der Waals surface area contributed by atoms with Crippen LogP contribution < -0.4 is 0 Å². The summed E-state index contributed by atoms with van der Waals surface area (Å²) in [5.74, 6) is -4.18. The number of benzene rings is 2. The summed E-state index contributed by atoms with van der Waals surface area (Å²) in [7, 11) is 0. The Bertz CT molecular complexity index is 1150. The van der Waals surface area contributed by atoms with Crippen LogP contribution in [0, 0.1) is 29.1 Å². The van der Waals surface area contributed by atoms with Gasteiger partial charge in [0, 0.05) is 0 Å². The van der Waals surface area contributed by atoms with Crippen molar-refractivity contribution < 1.29 is 32.5 Å². The molecule has 0 aromatic heterocycles. The zero-order valence-corrected chi connectivity index (χ0v) is 22.5. The van der Waals surface area contributed by atoms with Crippen molar-refractivity contribution in [3.63, 3.8) is 0 Å². The lowest BCUT2D eigenvalue weighted by Gasteiger charge is -2.65. The monoisotopic (exact) mass is 532 g/mol. The molecule has 4 saturated carbocycles. The van der Waals surface area contributed by atoms with Crippen molar-refractivity contribution in [3.8, 4) is 0 Å². The fraction of sp³-hybridized carbons (Fsp3) is 0.645. The van der Waals surface area contributed by atoms with Crippen LogP contribution in [-0.2, 0) is 20.9 Å². The van der Waals surface area contributed by atoms with E-state index < -0.39 is 41.8 Å². The van der Waals surface area contributed by atoms with Crippen LogP contribution in [-0.4, -0.2) is 35.1 Å². The molecule has 1 N–H and O–H groups in total. The standard InChI is InChI=1S/C31H39F3O4/c1-29(2)22-16-24(29)30(3,37-18-21-14-9-13-19-10-7-8-15-23(19)21)25(17-22)38-28(36)26(31(32,33)34)27(35)20-11-5-4-6-12-20/h7-10,13-15,20,22,24-27,35H,4-6,11-12,16-18H2,1-3H3/t22-,24-,25+,26+,27+,30-/m1/s1. The van der Waals surface area contributed by atoms with E-state index in [0.29, 0.717) is 19.3 Å². The van der Waals surface area contributed by atoms with Crippen LogP contribution in [0.5, 0.6) is 0 Å². The summed E-state index contributed by atoms with van der Waals surface area (Å²) < 4.78 is 54.8. The highest BCUT2D eigenvalue weighted by Crippen LogP contribution is 2.64. The fourth-order valence-electron chi connectivity index (χ4n) is 7.54. The predicted octanol–water partition coefficient (Wildman–Crippen LogP) is 7.21. The Morgan fingerprint density at radius 1 is 1.03 bits per heavy atom. The fourth-order valence-corrected chi connectivity index (χ4v) is 7.54. The molecule has 0 unspecified atom stereocenters. The van der Waals surface area contributed by atoms with Crippen molar-refractivity contribution in [3.05, 3.63) is 48.0 Å². The third-order valence-electron chi connectivity index (χ3n) is 10.1. The largest absolute Gasteiger partial charge is 0.459 e. The first kappa shape index (κ1) is 27.4. The van der Waals surface area contributed by atoms with Gasteiger partial charge in [-0.3, -0.25) is 4.79 Å². The summed E-state index contributed by atoms with van der Waals surface area (Å²) in [6.07, 6.45) is -2.69. The van der Waals surface area contributed by atoms with Crippen molar-refractivity contribution in [2.75, 3.05) is 0 Å². The molecule has 208 valence electrons. The quantitative estimate of drug-likeness (QED) is 0.383. The molecule has 0 aliphatic heterocycles. The van der Waals surface area contributed by atoms with Crippen molar-refractivity contribution in [1.82, 2.24) is 0 Å². The average Bonchev–Trinajstić information content (AvgIpc) is 2.88. The van der Waals surface area contributed by atoms with E-state index in [1.807, 2.05) is 49.4 Å². The lowest BCUT2D eigenvalue weighted by atomic mass is 9.43. The van der Waals surface area contributed by atoms with E-state index in [1.165, 1.54) is 0 Å². The number of rotatable bonds is 7. The Hall–Kier alpha value is -2.12.